The second-order valence-corrected chi connectivity index (χ2v) is 10.3. The fraction of sp³-hybridized carbons (Fsp3) is 0.407. The average molecular weight is 502 g/mol. The van der Waals surface area contributed by atoms with Crippen LogP contribution in [0.4, 0.5) is 5.82 Å². The first kappa shape index (κ1) is 24.4. The number of benzene rings is 1. The molecule has 1 aliphatic rings. The van der Waals surface area contributed by atoms with Crippen molar-refractivity contribution in [3.8, 4) is 11.4 Å². The molecule has 1 N–H and O–H groups in total. The highest BCUT2D eigenvalue weighted by Gasteiger charge is 2.30. The van der Waals surface area contributed by atoms with Crippen molar-refractivity contribution >= 4 is 28.7 Å². The van der Waals surface area contributed by atoms with Gasteiger partial charge in [-0.05, 0) is 64.0 Å². The second kappa shape index (κ2) is 9.97. The molecule has 1 atom stereocenters. The fourth-order valence-electron chi connectivity index (χ4n) is 4.40. The number of anilines is 1. The minimum absolute atomic E-state index is 0.0532. The van der Waals surface area contributed by atoms with Gasteiger partial charge >= 0.3 is 0 Å². The highest BCUT2D eigenvalue weighted by atomic mass is 32.2. The van der Waals surface area contributed by atoms with Gasteiger partial charge in [-0.25, -0.2) is 24.9 Å². The SMILES string of the molecule is CC[C@H](C)n1c(=O)c(NCc2ccc(SC)cc2)nc2c(C)nc(-c3c(C)ncnc3C3CC3)nc21. The van der Waals surface area contributed by atoms with Crippen LogP contribution in [0.1, 0.15) is 67.7 Å². The summed E-state index contributed by atoms with van der Waals surface area (Å²) in [5, 5.41) is 3.27. The first-order chi connectivity index (χ1) is 17.4. The Balaban J connectivity index is 1.62. The van der Waals surface area contributed by atoms with E-state index >= 15 is 0 Å². The Labute approximate surface area is 215 Å². The number of fused-ring (bicyclic) bond motifs is 1. The van der Waals surface area contributed by atoms with Gasteiger partial charge in [0, 0.05) is 23.4 Å². The maximum atomic E-state index is 13.7. The van der Waals surface area contributed by atoms with E-state index in [0.29, 0.717) is 35.3 Å². The Morgan fingerprint density at radius 2 is 1.83 bits per heavy atom. The predicted octanol–water partition coefficient (Wildman–Crippen LogP) is 5.44. The Bertz CT molecular complexity index is 1480. The number of hydrogen-bond acceptors (Lipinski definition) is 8. The number of thioether (sulfide) groups is 1. The molecule has 0 radical (unpaired) electrons. The number of nitrogens with one attached hydrogen (secondary N) is 1. The highest BCUT2D eigenvalue weighted by molar-refractivity contribution is 7.98. The largest absolute Gasteiger partial charge is 0.361 e. The Morgan fingerprint density at radius 1 is 1.08 bits per heavy atom. The van der Waals surface area contributed by atoms with Gasteiger partial charge in [-0.2, -0.15) is 0 Å². The number of nitrogens with zero attached hydrogens (tertiary/aromatic N) is 6. The molecule has 5 rings (SSSR count). The van der Waals surface area contributed by atoms with Gasteiger partial charge in [-0.3, -0.25) is 9.36 Å². The van der Waals surface area contributed by atoms with Crippen LogP contribution < -0.4 is 10.9 Å². The van der Waals surface area contributed by atoms with Gasteiger partial charge in [-0.1, -0.05) is 19.1 Å². The van der Waals surface area contributed by atoms with E-state index in [2.05, 4.69) is 52.7 Å². The first-order valence-electron chi connectivity index (χ1n) is 12.4. The Hall–Kier alpha value is -3.33. The Morgan fingerprint density at radius 3 is 2.50 bits per heavy atom. The lowest BCUT2D eigenvalue weighted by Gasteiger charge is -2.19. The van der Waals surface area contributed by atoms with E-state index in [4.69, 9.17) is 15.0 Å². The van der Waals surface area contributed by atoms with Gasteiger partial charge in [0.1, 0.15) is 11.8 Å². The van der Waals surface area contributed by atoms with E-state index in [1.165, 1.54) is 4.90 Å². The fourth-order valence-corrected chi connectivity index (χ4v) is 4.81. The van der Waals surface area contributed by atoms with Crippen molar-refractivity contribution < 1.29 is 0 Å². The van der Waals surface area contributed by atoms with E-state index in [0.717, 1.165) is 47.5 Å². The molecule has 4 aromatic rings. The predicted molar refractivity (Wildman–Crippen MR) is 145 cm³/mol. The van der Waals surface area contributed by atoms with E-state index in [9.17, 15) is 4.79 Å². The smallest absolute Gasteiger partial charge is 0.295 e. The van der Waals surface area contributed by atoms with Crippen LogP contribution in [-0.2, 0) is 6.54 Å². The van der Waals surface area contributed by atoms with Crippen LogP contribution in [0.5, 0.6) is 0 Å². The minimum atomic E-state index is -0.176. The maximum absolute atomic E-state index is 13.7. The lowest BCUT2D eigenvalue weighted by atomic mass is 10.1. The molecular formula is C27H31N7OS. The number of rotatable bonds is 8. The van der Waals surface area contributed by atoms with Crippen molar-refractivity contribution in [1.29, 1.82) is 0 Å². The molecule has 0 saturated heterocycles. The number of aryl methyl sites for hydroxylation is 2. The number of aromatic nitrogens is 6. The van der Waals surface area contributed by atoms with Crippen LogP contribution in [0.15, 0.2) is 40.3 Å². The molecule has 0 amide bonds. The van der Waals surface area contributed by atoms with Crippen molar-refractivity contribution in [3.63, 3.8) is 0 Å². The van der Waals surface area contributed by atoms with E-state index in [-0.39, 0.29) is 11.6 Å². The molecule has 0 unspecified atom stereocenters. The molecule has 186 valence electrons. The van der Waals surface area contributed by atoms with Crippen molar-refractivity contribution in [1.82, 2.24) is 29.5 Å². The summed E-state index contributed by atoms with van der Waals surface area (Å²) in [5.41, 5.74) is 5.54. The summed E-state index contributed by atoms with van der Waals surface area (Å²) >= 11 is 1.70. The summed E-state index contributed by atoms with van der Waals surface area (Å²) in [5.74, 6) is 1.30. The lowest BCUT2D eigenvalue weighted by molar-refractivity contribution is 0.526. The van der Waals surface area contributed by atoms with Crippen molar-refractivity contribution in [2.24, 2.45) is 0 Å². The highest BCUT2D eigenvalue weighted by Crippen LogP contribution is 2.43. The average Bonchev–Trinajstić information content (AvgIpc) is 3.73. The Kier molecular flexibility index (Phi) is 6.75. The zero-order valence-corrected chi connectivity index (χ0v) is 22.2. The van der Waals surface area contributed by atoms with Crippen molar-refractivity contribution in [2.45, 2.75) is 70.4 Å². The van der Waals surface area contributed by atoms with Crippen LogP contribution in [0.2, 0.25) is 0 Å². The van der Waals surface area contributed by atoms with Crippen LogP contribution in [0.3, 0.4) is 0 Å². The summed E-state index contributed by atoms with van der Waals surface area (Å²) in [4.78, 5) is 38.3. The maximum Gasteiger partial charge on any atom is 0.295 e. The normalized spacial score (nSPS) is 14.2. The standard InChI is InChI=1S/C27H31N7OS/c1-6-15(2)34-26-22(32-25(27(34)35)28-13-18-7-11-20(36-5)12-8-18)17(4)31-24(33-26)21-16(3)29-14-30-23(21)19-9-10-19/h7-8,11-12,14-15,19H,6,9-10,13H2,1-5H3,(H,28,32)/t15-/m0/s1. The summed E-state index contributed by atoms with van der Waals surface area (Å²) in [7, 11) is 0. The first-order valence-corrected chi connectivity index (χ1v) is 13.6. The molecule has 1 saturated carbocycles. The third-order valence-corrected chi connectivity index (χ3v) is 7.56. The van der Waals surface area contributed by atoms with Gasteiger partial charge in [0.2, 0.25) is 0 Å². The summed E-state index contributed by atoms with van der Waals surface area (Å²) in [6.07, 6.45) is 6.68. The van der Waals surface area contributed by atoms with Gasteiger partial charge in [0.25, 0.3) is 5.56 Å². The summed E-state index contributed by atoms with van der Waals surface area (Å²) in [6.45, 7) is 8.50. The van der Waals surface area contributed by atoms with Crippen molar-refractivity contribution in [3.05, 3.63) is 63.6 Å². The third-order valence-electron chi connectivity index (χ3n) is 6.82. The monoisotopic (exact) mass is 501 g/mol. The molecule has 36 heavy (non-hydrogen) atoms. The van der Waals surface area contributed by atoms with Crippen LogP contribution in [0, 0.1) is 13.8 Å². The molecule has 1 fully saturated rings. The van der Waals surface area contributed by atoms with E-state index in [1.54, 1.807) is 22.7 Å². The summed E-state index contributed by atoms with van der Waals surface area (Å²) < 4.78 is 1.76. The summed E-state index contributed by atoms with van der Waals surface area (Å²) in [6, 6.07) is 8.24. The number of hydrogen-bond donors (Lipinski definition) is 1. The molecule has 1 aliphatic carbocycles. The van der Waals surface area contributed by atoms with E-state index in [1.807, 2.05) is 20.8 Å². The topological polar surface area (TPSA) is 98.5 Å². The molecule has 9 heteroatoms. The molecule has 0 bridgehead atoms. The molecule has 3 aromatic heterocycles. The van der Waals surface area contributed by atoms with Gasteiger partial charge in [0.05, 0.1) is 22.6 Å². The third kappa shape index (κ3) is 4.59. The van der Waals surface area contributed by atoms with Crippen LogP contribution >= 0.6 is 11.8 Å². The van der Waals surface area contributed by atoms with Crippen LogP contribution in [0.25, 0.3) is 22.6 Å². The molecule has 3 heterocycles. The van der Waals surface area contributed by atoms with Crippen molar-refractivity contribution in [2.75, 3.05) is 11.6 Å². The minimum Gasteiger partial charge on any atom is -0.361 e. The van der Waals surface area contributed by atoms with Crippen LogP contribution in [-0.4, -0.2) is 35.7 Å². The van der Waals surface area contributed by atoms with E-state index < -0.39 is 0 Å². The zero-order valence-electron chi connectivity index (χ0n) is 21.4. The second-order valence-electron chi connectivity index (χ2n) is 9.39. The van der Waals surface area contributed by atoms with Gasteiger partial charge in [0.15, 0.2) is 17.3 Å². The molecule has 0 aliphatic heterocycles. The molecular weight excluding hydrogens is 470 g/mol. The van der Waals surface area contributed by atoms with Gasteiger partial charge < -0.3 is 5.32 Å². The molecule has 1 aromatic carbocycles. The zero-order chi connectivity index (χ0) is 25.4. The lowest BCUT2D eigenvalue weighted by Crippen LogP contribution is -2.28. The molecule has 8 nitrogen and oxygen atoms in total. The quantitative estimate of drug-likeness (QED) is 0.319. The van der Waals surface area contributed by atoms with Gasteiger partial charge in [-0.15, -0.1) is 11.8 Å². The molecule has 0 spiro atoms.